The molecule has 0 aromatic carbocycles. The van der Waals surface area contributed by atoms with Crippen LogP contribution in [-0.4, -0.2) is 57.1 Å². The number of rotatable bonds is 8. The van der Waals surface area contributed by atoms with Crippen molar-refractivity contribution in [1.29, 1.82) is 0 Å². The van der Waals surface area contributed by atoms with Gasteiger partial charge in [0.2, 0.25) is 0 Å². The second-order valence-electron chi connectivity index (χ2n) is 23.9. The van der Waals surface area contributed by atoms with E-state index in [-0.39, 0.29) is 6.10 Å². The van der Waals surface area contributed by atoms with E-state index in [1.807, 2.05) is 0 Å². The predicted molar refractivity (Wildman–Crippen MR) is 286 cm³/mol. The van der Waals surface area contributed by atoms with Gasteiger partial charge < -0.3 is 19.4 Å². The van der Waals surface area contributed by atoms with Gasteiger partial charge in [0, 0.05) is 41.8 Å². The second-order valence-corrected chi connectivity index (χ2v) is 23.9. The van der Waals surface area contributed by atoms with Gasteiger partial charge in [-0.1, -0.05) is 128 Å². The summed E-state index contributed by atoms with van der Waals surface area (Å²) in [6.45, 7) is 0. The van der Waals surface area contributed by atoms with Gasteiger partial charge >= 0.3 is 0 Å². The smallest absolute Gasteiger partial charge is 0.120 e. The molecule has 0 aromatic rings. The number of nitrogens with zero attached hydrogens (tertiary/aromatic N) is 3. The van der Waals surface area contributed by atoms with Crippen LogP contribution in [0.5, 0.6) is 0 Å². The van der Waals surface area contributed by atoms with Crippen molar-refractivity contribution in [1.82, 2.24) is 14.7 Å². The van der Waals surface area contributed by atoms with Crippen molar-refractivity contribution < 1.29 is 4.74 Å². The van der Waals surface area contributed by atoms with Crippen LogP contribution in [0.3, 0.4) is 0 Å². The molecule has 0 N–H and O–H groups in total. The van der Waals surface area contributed by atoms with Crippen molar-refractivity contribution in [2.75, 3.05) is 0 Å². The van der Waals surface area contributed by atoms with Gasteiger partial charge in [0.25, 0.3) is 0 Å². The molecule has 4 nitrogen and oxygen atoms in total. The number of hydrogen-bond donors (Lipinski definition) is 0. The van der Waals surface area contributed by atoms with Crippen LogP contribution in [0.2, 0.25) is 0 Å². The maximum Gasteiger partial charge on any atom is 0.120 e. The molecule has 0 spiro atoms. The average Bonchev–Trinajstić information content (AvgIpc) is 4.07. The molecule has 0 amide bonds. The normalized spacial score (nSPS) is 42.7. The Kier molecular flexibility index (Phi) is 11.6. The largest absolute Gasteiger partial charge is 0.490 e. The fourth-order valence-electron chi connectivity index (χ4n) is 17.3. The molecule has 3 aliphatic heterocycles. The number of allylic oxidation sites excluding steroid dienone is 24. The molecule has 14 aliphatic rings. The Morgan fingerprint density at radius 1 is 0.443 bits per heavy atom. The monoisotopic (exact) mass is 928 g/mol. The SMILES string of the molecule is C1=CCCC(N2C3CCC(C4C=CC5C(C4)C4CC(C6C=CC7C(C6)C6CCC=CC6N7C6=CC=CCC6)C=CC4N5C4=CC=C(OC5C=CC(C6C=CC=CC6)=CC5)CC4)C=C3C3CCC=CC32)=C1. The molecule has 4 heteroatoms. The molecule has 3 fully saturated rings. The Balaban J connectivity index is 0.735. The van der Waals surface area contributed by atoms with Gasteiger partial charge in [0.05, 0.1) is 42.0 Å². The van der Waals surface area contributed by atoms with E-state index in [9.17, 15) is 0 Å². The third-order valence-electron chi connectivity index (χ3n) is 20.4. The van der Waals surface area contributed by atoms with Crippen LogP contribution in [-0.2, 0) is 4.74 Å². The van der Waals surface area contributed by atoms with E-state index in [1.54, 1.807) is 17.0 Å². The van der Waals surface area contributed by atoms with E-state index in [4.69, 9.17) is 4.74 Å². The summed E-state index contributed by atoms with van der Waals surface area (Å²) in [5, 5.41) is 0. The lowest BCUT2D eigenvalue weighted by atomic mass is 9.64. The first-order valence-corrected chi connectivity index (χ1v) is 28.6. The highest BCUT2D eigenvalue weighted by Gasteiger charge is 2.55. The highest BCUT2D eigenvalue weighted by molar-refractivity contribution is 5.39. The van der Waals surface area contributed by atoms with Crippen LogP contribution >= 0.6 is 0 Å². The summed E-state index contributed by atoms with van der Waals surface area (Å²) in [5.41, 5.74) is 7.94. The maximum absolute atomic E-state index is 6.73. The Hall–Kier alpha value is -4.96. The van der Waals surface area contributed by atoms with Crippen molar-refractivity contribution in [3.63, 3.8) is 0 Å². The van der Waals surface area contributed by atoms with Crippen molar-refractivity contribution in [2.24, 2.45) is 59.2 Å². The van der Waals surface area contributed by atoms with E-state index in [1.165, 1.54) is 94.7 Å². The Bertz CT molecular complexity index is 2580. The van der Waals surface area contributed by atoms with Gasteiger partial charge in [0.1, 0.15) is 6.10 Å². The minimum Gasteiger partial charge on any atom is -0.490 e. The van der Waals surface area contributed by atoms with Crippen LogP contribution in [0.1, 0.15) is 109 Å². The molecular weight excluding hydrogens is 851 g/mol. The molecule has 362 valence electrons. The standard InChI is InChI=1S/C66H77N3O/c1-4-14-44(15-5-1)45-24-32-53(33-25-45)70-54-34-30-52(31-35-54)69-65-38-28-48(46-26-36-63-57(40-46)55-20-10-12-22-61(55)67(63)50-16-6-2-7-17-50)42-59(65)60-43-49(29-39-66(60)69)47-27-37-64-58(41-47)56-21-11-13-23-62(56)68(64)51-18-8-3-9-19-51/h1-6,8,12-14,16,18,22-26,28-30,32,34,36,38-39,41,44,46-49,53,55-57,59-66H,7,9-11,15,17,19-21,27,31,33,35,37,40,42-43H2. The molecule has 14 rings (SSSR count). The van der Waals surface area contributed by atoms with Gasteiger partial charge in [-0.3, -0.25) is 0 Å². The zero-order valence-corrected chi connectivity index (χ0v) is 41.6. The zero-order valence-electron chi connectivity index (χ0n) is 41.6. The summed E-state index contributed by atoms with van der Waals surface area (Å²) in [4.78, 5) is 8.70. The summed E-state index contributed by atoms with van der Waals surface area (Å²) in [6, 6.07) is 3.20. The fraction of sp³-hybridized carbons (Fsp3) is 0.515. The molecule has 3 saturated heterocycles. The lowest BCUT2D eigenvalue weighted by Crippen LogP contribution is -2.39. The van der Waals surface area contributed by atoms with Gasteiger partial charge in [-0.05, 0) is 185 Å². The topological polar surface area (TPSA) is 19.0 Å². The van der Waals surface area contributed by atoms with Gasteiger partial charge in [-0.25, -0.2) is 0 Å². The minimum absolute atomic E-state index is 0.128. The van der Waals surface area contributed by atoms with Crippen molar-refractivity contribution >= 4 is 0 Å². The number of hydrogen-bond acceptors (Lipinski definition) is 4. The Morgan fingerprint density at radius 3 is 1.74 bits per heavy atom. The molecule has 0 bridgehead atoms. The molecule has 0 saturated carbocycles. The van der Waals surface area contributed by atoms with E-state index < -0.39 is 0 Å². The molecule has 3 heterocycles. The van der Waals surface area contributed by atoms with Gasteiger partial charge in [-0.15, -0.1) is 0 Å². The number of ether oxygens (including phenoxy) is 1. The molecule has 0 aromatic heterocycles. The molecule has 11 aliphatic carbocycles. The van der Waals surface area contributed by atoms with E-state index in [0.717, 1.165) is 43.3 Å². The summed E-state index contributed by atoms with van der Waals surface area (Å²) < 4.78 is 6.73. The Morgan fingerprint density at radius 2 is 1.10 bits per heavy atom. The van der Waals surface area contributed by atoms with Crippen LogP contribution in [0.4, 0.5) is 0 Å². The zero-order chi connectivity index (χ0) is 46.1. The van der Waals surface area contributed by atoms with Crippen LogP contribution < -0.4 is 0 Å². The van der Waals surface area contributed by atoms with Crippen LogP contribution in [0, 0.1) is 59.2 Å². The quantitative estimate of drug-likeness (QED) is 0.226. The summed E-state index contributed by atoms with van der Waals surface area (Å²) >= 11 is 0. The summed E-state index contributed by atoms with van der Waals surface area (Å²) in [7, 11) is 0. The van der Waals surface area contributed by atoms with Crippen molar-refractivity contribution in [2.45, 2.75) is 152 Å². The highest BCUT2D eigenvalue weighted by Crippen LogP contribution is 2.57. The first kappa shape index (κ1) is 43.8. The Labute approximate surface area is 420 Å². The highest BCUT2D eigenvalue weighted by atomic mass is 16.5. The van der Waals surface area contributed by atoms with E-state index >= 15 is 0 Å². The maximum atomic E-state index is 6.73. The summed E-state index contributed by atoms with van der Waals surface area (Å²) in [6.07, 6.45) is 85.3. The first-order valence-electron chi connectivity index (χ1n) is 28.6. The molecular formula is C66H77N3O. The van der Waals surface area contributed by atoms with E-state index in [0.29, 0.717) is 83.6 Å². The molecule has 17 atom stereocenters. The fourth-order valence-corrected chi connectivity index (χ4v) is 17.3. The predicted octanol–water partition coefficient (Wildman–Crippen LogP) is 14.4. The van der Waals surface area contributed by atoms with Crippen molar-refractivity contribution in [3.05, 3.63) is 192 Å². The van der Waals surface area contributed by atoms with Crippen LogP contribution in [0.15, 0.2) is 192 Å². The van der Waals surface area contributed by atoms with Gasteiger partial charge in [-0.2, -0.15) is 0 Å². The average molecular weight is 928 g/mol. The third kappa shape index (κ3) is 7.74. The number of fused-ring (bicyclic) bond motifs is 9. The number of likely N-dealkylation sites (tertiary alicyclic amines) is 3. The first-order chi connectivity index (χ1) is 34.7. The summed E-state index contributed by atoms with van der Waals surface area (Å²) in [5.74, 6) is 7.78. The van der Waals surface area contributed by atoms with E-state index in [2.05, 4.69) is 173 Å². The third-order valence-corrected chi connectivity index (χ3v) is 20.4. The van der Waals surface area contributed by atoms with Crippen molar-refractivity contribution in [3.8, 4) is 0 Å². The second kappa shape index (κ2) is 18.6. The molecule has 0 radical (unpaired) electrons. The van der Waals surface area contributed by atoms with Gasteiger partial charge in [0.15, 0.2) is 0 Å². The minimum atomic E-state index is 0.128. The lowest BCUT2D eigenvalue weighted by molar-refractivity contribution is 0.144. The van der Waals surface area contributed by atoms with Crippen LogP contribution in [0.25, 0.3) is 0 Å². The lowest BCUT2D eigenvalue weighted by Gasteiger charge is -2.41. The molecule has 70 heavy (non-hydrogen) atoms. The molecule has 17 unspecified atom stereocenters.